The summed E-state index contributed by atoms with van der Waals surface area (Å²) in [5, 5.41) is 3.73. The van der Waals surface area contributed by atoms with Gasteiger partial charge < -0.3 is 0 Å². The molecule has 0 atom stereocenters. The standard InChI is InChI=1S/C8H14N2O2/c1-5-10-6(8(2,3)4)9-12-7(10)11/h5H2,1-4H3. The molecule has 0 N–H and O–H groups in total. The van der Waals surface area contributed by atoms with Crippen LogP contribution in [0.25, 0.3) is 0 Å². The summed E-state index contributed by atoms with van der Waals surface area (Å²) in [5.74, 6) is 0.331. The van der Waals surface area contributed by atoms with E-state index in [1.54, 1.807) is 4.57 Å². The molecular weight excluding hydrogens is 156 g/mol. The monoisotopic (exact) mass is 170 g/mol. The molecule has 0 saturated carbocycles. The van der Waals surface area contributed by atoms with Gasteiger partial charge in [-0.25, -0.2) is 4.79 Å². The first kappa shape index (κ1) is 9.03. The van der Waals surface area contributed by atoms with Gasteiger partial charge in [-0.2, -0.15) is 0 Å². The highest BCUT2D eigenvalue weighted by molar-refractivity contribution is 4.99. The highest BCUT2D eigenvalue weighted by Crippen LogP contribution is 2.18. The fourth-order valence-corrected chi connectivity index (χ4v) is 1.09. The minimum absolute atomic E-state index is 0.137. The van der Waals surface area contributed by atoms with Gasteiger partial charge in [0.05, 0.1) is 0 Å². The van der Waals surface area contributed by atoms with Gasteiger partial charge in [-0.15, -0.1) is 0 Å². The molecule has 0 radical (unpaired) electrons. The lowest BCUT2D eigenvalue weighted by Gasteiger charge is -2.15. The molecule has 4 nitrogen and oxygen atoms in total. The second-order valence-electron chi connectivity index (χ2n) is 3.77. The molecule has 1 heterocycles. The lowest BCUT2D eigenvalue weighted by atomic mass is 9.96. The Kier molecular flexibility index (Phi) is 2.08. The third kappa shape index (κ3) is 1.42. The zero-order valence-electron chi connectivity index (χ0n) is 7.92. The number of nitrogens with zero attached hydrogens (tertiary/aromatic N) is 2. The summed E-state index contributed by atoms with van der Waals surface area (Å²) in [6, 6.07) is 0. The van der Waals surface area contributed by atoms with Gasteiger partial charge in [-0.05, 0) is 6.92 Å². The minimum Gasteiger partial charge on any atom is -0.296 e. The van der Waals surface area contributed by atoms with Gasteiger partial charge in [0.2, 0.25) is 0 Å². The van der Waals surface area contributed by atoms with Crippen molar-refractivity contribution in [1.29, 1.82) is 0 Å². The van der Waals surface area contributed by atoms with Crippen LogP contribution in [0.5, 0.6) is 0 Å². The maximum atomic E-state index is 11.1. The van der Waals surface area contributed by atoms with Gasteiger partial charge in [0.1, 0.15) is 0 Å². The van der Waals surface area contributed by atoms with Crippen LogP contribution in [0.3, 0.4) is 0 Å². The molecule has 0 aliphatic carbocycles. The van der Waals surface area contributed by atoms with E-state index in [-0.39, 0.29) is 11.2 Å². The molecule has 12 heavy (non-hydrogen) atoms. The second-order valence-corrected chi connectivity index (χ2v) is 3.77. The van der Waals surface area contributed by atoms with Gasteiger partial charge in [0, 0.05) is 12.0 Å². The van der Waals surface area contributed by atoms with Gasteiger partial charge in [0.25, 0.3) is 0 Å². The van der Waals surface area contributed by atoms with Crippen molar-refractivity contribution in [3.8, 4) is 0 Å². The van der Waals surface area contributed by atoms with Crippen LogP contribution in [0, 0.1) is 0 Å². The molecule has 0 unspecified atom stereocenters. The van der Waals surface area contributed by atoms with Gasteiger partial charge in [0.15, 0.2) is 5.82 Å². The number of aromatic nitrogens is 2. The largest absolute Gasteiger partial charge is 0.441 e. The van der Waals surface area contributed by atoms with Crippen LogP contribution in [0.4, 0.5) is 0 Å². The van der Waals surface area contributed by atoms with Crippen molar-refractivity contribution in [2.45, 2.75) is 39.7 Å². The van der Waals surface area contributed by atoms with Crippen molar-refractivity contribution < 1.29 is 4.52 Å². The SMILES string of the molecule is CCn1c(C(C)(C)C)noc1=O. The van der Waals surface area contributed by atoms with Crippen LogP contribution in [0.1, 0.15) is 33.5 Å². The van der Waals surface area contributed by atoms with E-state index >= 15 is 0 Å². The van der Waals surface area contributed by atoms with E-state index in [0.29, 0.717) is 12.4 Å². The van der Waals surface area contributed by atoms with Crippen LogP contribution in [0.2, 0.25) is 0 Å². The maximum absolute atomic E-state index is 11.1. The fourth-order valence-electron chi connectivity index (χ4n) is 1.09. The van der Waals surface area contributed by atoms with Crippen LogP contribution in [-0.4, -0.2) is 9.72 Å². The Morgan fingerprint density at radius 3 is 2.42 bits per heavy atom. The molecule has 0 bridgehead atoms. The number of hydrogen-bond donors (Lipinski definition) is 0. The van der Waals surface area contributed by atoms with Gasteiger partial charge in [-0.3, -0.25) is 9.09 Å². The molecule has 4 heteroatoms. The van der Waals surface area contributed by atoms with E-state index in [2.05, 4.69) is 9.68 Å². The van der Waals surface area contributed by atoms with Crippen molar-refractivity contribution in [3.05, 3.63) is 16.4 Å². The molecule has 0 amide bonds. The van der Waals surface area contributed by atoms with Crippen LogP contribution < -0.4 is 5.76 Å². The average molecular weight is 170 g/mol. The maximum Gasteiger partial charge on any atom is 0.441 e. The van der Waals surface area contributed by atoms with Crippen molar-refractivity contribution >= 4 is 0 Å². The molecule has 0 fully saturated rings. The minimum atomic E-state index is -0.373. The first-order valence-electron chi connectivity index (χ1n) is 4.03. The van der Waals surface area contributed by atoms with E-state index in [0.717, 1.165) is 0 Å². The number of hydrogen-bond acceptors (Lipinski definition) is 3. The smallest absolute Gasteiger partial charge is 0.296 e. The Morgan fingerprint density at radius 2 is 2.08 bits per heavy atom. The molecule has 68 valence electrons. The quantitative estimate of drug-likeness (QED) is 0.635. The summed E-state index contributed by atoms with van der Waals surface area (Å²) < 4.78 is 6.11. The summed E-state index contributed by atoms with van der Waals surface area (Å²) in [6.45, 7) is 8.49. The van der Waals surface area contributed by atoms with E-state index < -0.39 is 0 Å². The third-order valence-electron chi connectivity index (χ3n) is 1.67. The zero-order chi connectivity index (χ0) is 9.35. The van der Waals surface area contributed by atoms with Crippen LogP contribution >= 0.6 is 0 Å². The first-order valence-corrected chi connectivity index (χ1v) is 4.03. The first-order chi connectivity index (χ1) is 5.46. The van der Waals surface area contributed by atoms with E-state index in [9.17, 15) is 4.79 Å². The third-order valence-corrected chi connectivity index (χ3v) is 1.67. The normalized spacial score (nSPS) is 12.0. The molecule has 0 saturated heterocycles. The fraction of sp³-hybridized carbons (Fsp3) is 0.750. The molecule has 0 aliphatic heterocycles. The molecule has 0 spiro atoms. The highest BCUT2D eigenvalue weighted by Gasteiger charge is 2.22. The molecule has 1 rings (SSSR count). The van der Waals surface area contributed by atoms with Crippen molar-refractivity contribution in [2.24, 2.45) is 0 Å². The topological polar surface area (TPSA) is 48.0 Å². The van der Waals surface area contributed by atoms with Crippen LogP contribution in [0.15, 0.2) is 9.32 Å². The summed E-state index contributed by atoms with van der Waals surface area (Å²) in [4.78, 5) is 11.1. The Labute approximate surface area is 71.2 Å². The molecule has 1 aromatic rings. The lowest BCUT2D eigenvalue weighted by molar-refractivity contribution is 0.367. The lowest BCUT2D eigenvalue weighted by Crippen LogP contribution is -2.23. The summed E-state index contributed by atoms with van der Waals surface area (Å²) in [7, 11) is 0. The Balaban J connectivity index is 3.26. The molecule has 0 aliphatic rings. The molecule has 0 aromatic carbocycles. The van der Waals surface area contributed by atoms with Gasteiger partial charge in [-0.1, -0.05) is 25.9 Å². The summed E-state index contributed by atoms with van der Waals surface area (Å²) >= 11 is 0. The summed E-state index contributed by atoms with van der Waals surface area (Å²) in [6.07, 6.45) is 0. The predicted octanol–water partition coefficient (Wildman–Crippen LogP) is 1.15. The second kappa shape index (κ2) is 2.77. The van der Waals surface area contributed by atoms with Crippen LogP contribution in [-0.2, 0) is 12.0 Å². The van der Waals surface area contributed by atoms with E-state index in [1.807, 2.05) is 27.7 Å². The summed E-state index contributed by atoms with van der Waals surface area (Å²) in [5.41, 5.74) is -0.137. The molecule has 1 aromatic heterocycles. The Morgan fingerprint density at radius 1 is 1.50 bits per heavy atom. The highest BCUT2D eigenvalue weighted by atomic mass is 16.5. The van der Waals surface area contributed by atoms with Crippen molar-refractivity contribution in [2.75, 3.05) is 0 Å². The van der Waals surface area contributed by atoms with Crippen molar-refractivity contribution in [1.82, 2.24) is 9.72 Å². The Bertz CT molecular complexity index is 317. The molecular formula is C8H14N2O2. The number of rotatable bonds is 1. The average Bonchev–Trinajstić information content (AvgIpc) is 2.29. The van der Waals surface area contributed by atoms with Crippen molar-refractivity contribution in [3.63, 3.8) is 0 Å². The van der Waals surface area contributed by atoms with Gasteiger partial charge >= 0.3 is 5.76 Å². The predicted molar refractivity (Wildman–Crippen MR) is 45.1 cm³/mol. The zero-order valence-corrected chi connectivity index (χ0v) is 7.92. The Hall–Kier alpha value is -1.06. The van der Waals surface area contributed by atoms with E-state index in [1.165, 1.54) is 0 Å². The van der Waals surface area contributed by atoms with E-state index in [4.69, 9.17) is 0 Å².